The van der Waals surface area contributed by atoms with Crippen molar-refractivity contribution in [3.63, 3.8) is 0 Å². The van der Waals surface area contributed by atoms with E-state index in [2.05, 4.69) is 38.0 Å². The third kappa shape index (κ3) is 4.31. The van der Waals surface area contributed by atoms with E-state index in [1.54, 1.807) is 0 Å². The lowest BCUT2D eigenvalue weighted by Gasteiger charge is -2.01. The molecule has 0 spiro atoms. The number of aryl methyl sites for hydroxylation is 1. The molecule has 1 fully saturated rings. The van der Waals surface area contributed by atoms with Crippen molar-refractivity contribution in [2.75, 3.05) is 0 Å². The first-order valence-corrected chi connectivity index (χ1v) is 13.5. The van der Waals surface area contributed by atoms with Crippen molar-refractivity contribution in [3.8, 4) is 16.9 Å². The lowest BCUT2D eigenvalue weighted by molar-refractivity contribution is 0.585. The SMILES string of the molecule is Cc1ccc(-c2nn(-c3ccccc3)cc2/C=c2\sc3nc([C@@H]4[C@@H](C=C(Cl)Cl)C4(C)C)nn3c2=O)cc1. The topological polar surface area (TPSA) is 65.1 Å². The fourth-order valence-electron chi connectivity index (χ4n) is 4.88. The standard InChI is InChI=1S/C28H23Cl2N5OS/c1-16-9-11-17(12-10-16)24-18(15-34(32-24)19-7-5-4-6-8-19)13-21-26(36)35-27(37-21)31-25(33-35)23-20(14-22(29)30)28(23,2)3/h4-15,20,23H,1-3H3/b21-13-/t20-,23+/m1/s1. The van der Waals surface area contributed by atoms with Gasteiger partial charge in [0.25, 0.3) is 5.56 Å². The number of benzene rings is 2. The summed E-state index contributed by atoms with van der Waals surface area (Å²) in [4.78, 5) is 18.6. The van der Waals surface area contributed by atoms with E-state index in [9.17, 15) is 4.79 Å². The van der Waals surface area contributed by atoms with Gasteiger partial charge >= 0.3 is 0 Å². The largest absolute Gasteiger partial charge is 0.291 e. The van der Waals surface area contributed by atoms with Crippen LogP contribution in [0.25, 0.3) is 28.0 Å². The average Bonchev–Trinajstić information content (AvgIpc) is 3.28. The third-order valence-electron chi connectivity index (χ3n) is 7.07. The van der Waals surface area contributed by atoms with Crippen LogP contribution in [0.4, 0.5) is 0 Å². The molecule has 1 saturated carbocycles. The van der Waals surface area contributed by atoms with Crippen LogP contribution in [-0.4, -0.2) is 24.4 Å². The van der Waals surface area contributed by atoms with Crippen LogP contribution in [0.15, 0.2) is 76.2 Å². The second-order valence-corrected chi connectivity index (χ2v) is 12.0. The van der Waals surface area contributed by atoms with E-state index >= 15 is 0 Å². The summed E-state index contributed by atoms with van der Waals surface area (Å²) in [5.74, 6) is 0.848. The molecular weight excluding hydrogens is 525 g/mol. The zero-order valence-electron chi connectivity index (χ0n) is 20.4. The normalized spacial score (nSPS) is 18.9. The van der Waals surface area contributed by atoms with Gasteiger partial charge in [-0.15, -0.1) is 5.10 Å². The van der Waals surface area contributed by atoms with E-state index in [-0.39, 0.29) is 27.3 Å². The van der Waals surface area contributed by atoms with Gasteiger partial charge in [-0.2, -0.15) is 9.61 Å². The van der Waals surface area contributed by atoms with Gasteiger partial charge in [-0.1, -0.05) is 96.4 Å². The van der Waals surface area contributed by atoms with Crippen LogP contribution >= 0.6 is 34.5 Å². The van der Waals surface area contributed by atoms with Crippen LogP contribution in [0, 0.1) is 18.3 Å². The maximum Gasteiger partial charge on any atom is 0.291 e. The zero-order chi connectivity index (χ0) is 25.9. The minimum absolute atomic E-state index is 0.0659. The van der Waals surface area contributed by atoms with Gasteiger partial charge in [0.1, 0.15) is 4.49 Å². The molecule has 0 N–H and O–H groups in total. The molecule has 0 amide bonds. The Morgan fingerprint density at radius 2 is 1.78 bits per heavy atom. The Morgan fingerprint density at radius 1 is 1.05 bits per heavy atom. The molecule has 6 nitrogen and oxygen atoms in total. The van der Waals surface area contributed by atoms with Crippen molar-refractivity contribution >= 4 is 45.6 Å². The fourth-order valence-corrected chi connectivity index (χ4v) is 6.06. The summed E-state index contributed by atoms with van der Waals surface area (Å²) in [6.07, 6.45) is 5.66. The molecule has 0 aliphatic heterocycles. The highest BCUT2D eigenvalue weighted by atomic mass is 35.5. The summed E-state index contributed by atoms with van der Waals surface area (Å²) < 4.78 is 4.03. The van der Waals surface area contributed by atoms with Crippen LogP contribution in [-0.2, 0) is 0 Å². The number of rotatable bonds is 5. The van der Waals surface area contributed by atoms with Gasteiger partial charge < -0.3 is 0 Å². The molecule has 0 unspecified atom stereocenters. The maximum absolute atomic E-state index is 13.3. The van der Waals surface area contributed by atoms with Crippen molar-refractivity contribution in [2.45, 2.75) is 26.7 Å². The maximum atomic E-state index is 13.3. The van der Waals surface area contributed by atoms with E-state index < -0.39 is 0 Å². The number of thiazole rings is 1. The number of fused-ring (bicyclic) bond motifs is 1. The number of aromatic nitrogens is 5. The Hall–Kier alpha value is -3.26. The van der Waals surface area contributed by atoms with Crippen molar-refractivity contribution in [2.24, 2.45) is 11.3 Å². The van der Waals surface area contributed by atoms with Crippen LogP contribution in [0.3, 0.4) is 0 Å². The van der Waals surface area contributed by atoms with Crippen LogP contribution < -0.4 is 10.1 Å². The molecule has 3 aromatic heterocycles. The van der Waals surface area contributed by atoms with E-state index in [1.807, 2.05) is 65.5 Å². The Kier molecular flexibility index (Phi) is 5.82. The molecule has 37 heavy (non-hydrogen) atoms. The van der Waals surface area contributed by atoms with Gasteiger partial charge in [-0.05, 0) is 42.5 Å². The molecule has 1 aliphatic carbocycles. The second-order valence-electron chi connectivity index (χ2n) is 9.94. The van der Waals surface area contributed by atoms with Gasteiger partial charge in [-0.25, -0.2) is 9.67 Å². The summed E-state index contributed by atoms with van der Waals surface area (Å²) in [6.45, 7) is 6.30. The molecular formula is C28H23Cl2N5OS. The lowest BCUT2D eigenvalue weighted by atomic mass is 10.1. The molecule has 6 rings (SSSR count). The van der Waals surface area contributed by atoms with Gasteiger partial charge in [0, 0.05) is 23.2 Å². The number of nitrogens with zero attached hydrogens (tertiary/aromatic N) is 5. The highest BCUT2D eigenvalue weighted by Crippen LogP contribution is 2.64. The minimum atomic E-state index is -0.193. The first-order chi connectivity index (χ1) is 17.7. The molecule has 5 aromatic rings. The lowest BCUT2D eigenvalue weighted by Crippen LogP contribution is -2.23. The summed E-state index contributed by atoms with van der Waals surface area (Å²) in [5, 5.41) is 9.44. The summed E-state index contributed by atoms with van der Waals surface area (Å²) in [7, 11) is 0. The smallest absolute Gasteiger partial charge is 0.266 e. The molecule has 0 bridgehead atoms. The Bertz CT molecular complexity index is 1760. The molecule has 9 heteroatoms. The van der Waals surface area contributed by atoms with Crippen molar-refractivity contribution in [1.82, 2.24) is 24.4 Å². The monoisotopic (exact) mass is 547 g/mol. The summed E-state index contributed by atoms with van der Waals surface area (Å²) in [6, 6.07) is 18.1. The average molecular weight is 548 g/mol. The van der Waals surface area contributed by atoms with Crippen LogP contribution in [0.2, 0.25) is 0 Å². The number of hydrogen-bond acceptors (Lipinski definition) is 5. The highest BCUT2D eigenvalue weighted by Gasteiger charge is 2.59. The predicted molar refractivity (Wildman–Crippen MR) is 149 cm³/mol. The van der Waals surface area contributed by atoms with E-state index in [4.69, 9.17) is 33.3 Å². The quantitative estimate of drug-likeness (QED) is 0.274. The summed E-state index contributed by atoms with van der Waals surface area (Å²) in [5.41, 5.74) is 4.48. The molecule has 3 heterocycles. The first kappa shape index (κ1) is 24.1. The highest BCUT2D eigenvalue weighted by molar-refractivity contribution is 7.15. The van der Waals surface area contributed by atoms with Crippen molar-refractivity contribution in [1.29, 1.82) is 0 Å². The van der Waals surface area contributed by atoms with Gasteiger partial charge in [0.15, 0.2) is 5.82 Å². The molecule has 2 aromatic carbocycles. The second kappa shape index (κ2) is 8.94. The molecule has 0 saturated heterocycles. The van der Waals surface area contributed by atoms with Gasteiger partial charge in [-0.3, -0.25) is 4.79 Å². The van der Waals surface area contributed by atoms with Gasteiger partial charge in [0.2, 0.25) is 4.96 Å². The Morgan fingerprint density at radius 3 is 2.46 bits per heavy atom. The first-order valence-electron chi connectivity index (χ1n) is 11.9. The number of hydrogen-bond donors (Lipinski definition) is 0. The Labute approximate surface area is 227 Å². The fraction of sp³-hybridized carbons (Fsp3) is 0.214. The van der Waals surface area contributed by atoms with E-state index in [0.717, 1.165) is 22.5 Å². The van der Waals surface area contributed by atoms with Crippen LogP contribution in [0.5, 0.6) is 0 Å². The molecule has 1 aliphatic rings. The van der Waals surface area contributed by atoms with Crippen molar-refractivity contribution < 1.29 is 0 Å². The van der Waals surface area contributed by atoms with E-state index in [1.165, 1.54) is 21.4 Å². The molecule has 0 radical (unpaired) electrons. The van der Waals surface area contributed by atoms with Crippen LogP contribution in [0.1, 0.15) is 36.7 Å². The minimum Gasteiger partial charge on any atom is -0.266 e. The van der Waals surface area contributed by atoms with E-state index in [0.29, 0.717) is 15.3 Å². The number of allylic oxidation sites excluding steroid dienone is 1. The van der Waals surface area contributed by atoms with Crippen molar-refractivity contribution in [3.05, 3.63) is 103 Å². The third-order valence-corrected chi connectivity index (χ3v) is 8.28. The molecule has 2 atom stereocenters. The van der Waals surface area contributed by atoms with Gasteiger partial charge in [0.05, 0.1) is 15.9 Å². The number of halogens is 2. The summed E-state index contributed by atoms with van der Waals surface area (Å²) >= 11 is 13.1. The molecule has 186 valence electrons. The number of para-hydroxylation sites is 1. The predicted octanol–water partition coefficient (Wildman–Crippen LogP) is 5.92. The Balaban J connectivity index is 1.43. The zero-order valence-corrected chi connectivity index (χ0v) is 22.7.